The van der Waals surface area contributed by atoms with Crippen LogP contribution in [0.15, 0.2) is 18.5 Å². The number of aliphatic hydroxyl groups is 1. The van der Waals surface area contributed by atoms with E-state index >= 15 is 0 Å². The fourth-order valence-electron chi connectivity index (χ4n) is 1.51. The second-order valence-electron chi connectivity index (χ2n) is 3.65. The van der Waals surface area contributed by atoms with Crippen molar-refractivity contribution in [1.29, 1.82) is 0 Å². The first-order valence-corrected chi connectivity index (χ1v) is 4.98. The number of aryl methyl sites for hydroxylation is 2. The molecule has 0 aliphatic rings. The lowest BCUT2D eigenvalue weighted by molar-refractivity contribution is 0.174. The lowest BCUT2D eigenvalue weighted by atomic mass is 10.0. The summed E-state index contributed by atoms with van der Waals surface area (Å²) in [6.07, 6.45) is 3.07. The molecular formula is C10H13N5O. The molecule has 0 saturated carbocycles. The van der Waals surface area contributed by atoms with Gasteiger partial charge in [-0.2, -0.15) is 4.80 Å². The maximum Gasteiger partial charge on any atom is 0.177 e. The highest BCUT2D eigenvalue weighted by Crippen LogP contribution is 2.18. The molecule has 0 bridgehead atoms. The first-order chi connectivity index (χ1) is 7.66. The molecule has 6 heteroatoms. The lowest BCUT2D eigenvalue weighted by Crippen LogP contribution is -2.06. The minimum absolute atomic E-state index is 0.348. The third-order valence-electron chi connectivity index (χ3n) is 2.36. The summed E-state index contributed by atoms with van der Waals surface area (Å²) in [6.45, 7) is 1.93. The van der Waals surface area contributed by atoms with Gasteiger partial charge in [-0.25, -0.2) is 0 Å². The van der Waals surface area contributed by atoms with Crippen LogP contribution in [0.2, 0.25) is 0 Å². The molecule has 0 aliphatic heterocycles. The van der Waals surface area contributed by atoms with E-state index < -0.39 is 6.10 Å². The summed E-state index contributed by atoms with van der Waals surface area (Å²) in [7, 11) is 1.69. The van der Waals surface area contributed by atoms with Crippen LogP contribution in [-0.4, -0.2) is 30.3 Å². The van der Waals surface area contributed by atoms with Gasteiger partial charge in [0.05, 0.1) is 13.2 Å². The highest BCUT2D eigenvalue weighted by Gasteiger charge is 2.14. The number of nitrogens with zero attached hydrogens (tertiary/aromatic N) is 5. The van der Waals surface area contributed by atoms with Gasteiger partial charge in [0.1, 0.15) is 0 Å². The van der Waals surface area contributed by atoms with Gasteiger partial charge in [-0.1, -0.05) is 0 Å². The summed E-state index contributed by atoms with van der Waals surface area (Å²) >= 11 is 0. The molecule has 1 unspecified atom stereocenters. The van der Waals surface area contributed by atoms with E-state index in [9.17, 15) is 5.11 Å². The number of aromatic nitrogens is 5. The summed E-state index contributed by atoms with van der Waals surface area (Å²) in [5, 5.41) is 21.6. The van der Waals surface area contributed by atoms with Gasteiger partial charge < -0.3 is 5.11 Å². The van der Waals surface area contributed by atoms with Gasteiger partial charge in [0, 0.05) is 24.4 Å². The van der Waals surface area contributed by atoms with Crippen LogP contribution >= 0.6 is 0 Å². The van der Waals surface area contributed by atoms with Gasteiger partial charge >= 0.3 is 0 Å². The van der Waals surface area contributed by atoms with E-state index in [1.807, 2.05) is 13.0 Å². The summed E-state index contributed by atoms with van der Waals surface area (Å²) < 4.78 is 0. The van der Waals surface area contributed by atoms with Crippen molar-refractivity contribution in [2.75, 3.05) is 0 Å². The topological polar surface area (TPSA) is 76.7 Å². The Morgan fingerprint density at radius 2 is 2.31 bits per heavy atom. The van der Waals surface area contributed by atoms with Crippen LogP contribution in [0.5, 0.6) is 0 Å². The average molecular weight is 219 g/mol. The van der Waals surface area contributed by atoms with Crippen LogP contribution in [-0.2, 0) is 13.5 Å². The van der Waals surface area contributed by atoms with E-state index in [-0.39, 0.29) is 0 Å². The molecule has 0 spiro atoms. The van der Waals surface area contributed by atoms with Crippen LogP contribution < -0.4 is 0 Å². The summed E-state index contributed by atoms with van der Waals surface area (Å²) in [4.78, 5) is 5.36. The van der Waals surface area contributed by atoms with Gasteiger partial charge in [0.25, 0.3) is 0 Å². The molecule has 1 N–H and O–H groups in total. The molecule has 2 rings (SSSR count). The van der Waals surface area contributed by atoms with Crippen molar-refractivity contribution in [1.82, 2.24) is 25.2 Å². The Hall–Kier alpha value is -1.82. The minimum atomic E-state index is -0.641. The Kier molecular flexibility index (Phi) is 2.91. The van der Waals surface area contributed by atoms with Crippen LogP contribution in [0.25, 0.3) is 0 Å². The monoisotopic (exact) mass is 219 g/mol. The maximum atomic E-state index is 10.0. The first kappa shape index (κ1) is 10.7. The highest BCUT2D eigenvalue weighted by atomic mass is 16.3. The van der Waals surface area contributed by atoms with Gasteiger partial charge in [-0.05, 0) is 23.8 Å². The molecule has 2 aromatic heterocycles. The third-order valence-corrected chi connectivity index (χ3v) is 2.36. The van der Waals surface area contributed by atoms with Crippen molar-refractivity contribution in [3.05, 3.63) is 35.4 Å². The zero-order valence-corrected chi connectivity index (χ0v) is 9.20. The van der Waals surface area contributed by atoms with Crippen molar-refractivity contribution in [2.45, 2.75) is 19.4 Å². The van der Waals surface area contributed by atoms with Crippen LogP contribution in [0.4, 0.5) is 0 Å². The van der Waals surface area contributed by atoms with E-state index in [2.05, 4.69) is 20.4 Å². The van der Waals surface area contributed by atoms with Crippen molar-refractivity contribution in [2.24, 2.45) is 7.05 Å². The molecule has 0 amide bonds. The Bertz CT molecular complexity index is 482. The van der Waals surface area contributed by atoms with Crippen molar-refractivity contribution < 1.29 is 5.11 Å². The molecule has 0 aromatic carbocycles. The molecule has 0 radical (unpaired) electrons. The SMILES string of the molecule is Cc1ccncc1C(O)Cc1nnn(C)n1. The molecule has 0 saturated heterocycles. The predicted octanol–water partition coefficient (Wildman–Crippen LogP) is 0.190. The van der Waals surface area contributed by atoms with Gasteiger partial charge in [0.15, 0.2) is 5.82 Å². The van der Waals surface area contributed by atoms with Gasteiger partial charge in [0.2, 0.25) is 0 Å². The van der Waals surface area contributed by atoms with Crippen molar-refractivity contribution in [3.63, 3.8) is 0 Å². The van der Waals surface area contributed by atoms with E-state index in [1.165, 1.54) is 4.80 Å². The molecule has 2 aromatic rings. The van der Waals surface area contributed by atoms with Crippen molar-refractivity contribution in [3.8, 4) is 0 Å². The number of pyridine rings is 1. The number of hydrogen-bond acceptors (Lipinski definition) is 5. The predicted molar refractivity (Wildman–Crippen MR) is 56.4 cm³/mol. The Morgan fingerprint density at radius 3 is 2.94 bits per heavy atom. The molecule has 2 heterocycles. The normalized spacial score (nSPS) is 12.7. The Morgan fingerprint density at radius 1 is 1.50 bits per heavy atom. The molecule has 0 aliphatic carbocycles. The molecule has 84 valence electrons. The summed E-state index contributed by atoms with van der Waals surface area (Å²) in [5.41, 5.74) is 1.81. The number of rotatable bonds is 3. The number of tetrazole rings is 1. The van der Waals surface area contributed by atoms with Crippen LogP contribution in [0.1, 0.15) is 23.1 Å². The summed E-state index contributed by atoms with van der Waals surface area (Å²) in [6, 6.07) is 1.86. The fraction of sp³-hybridized carbons (Fsp3) is 0.400. The molecule has 0 fully saturated rings. The van der Waals surface area contributed by atoms with Gasteiger partial charge in [-0.15, -0.1) is 10.2 Å². The second-order valence-corrected chi connectivity index (χ2v) is 3.65. The number of hydrogen-bond donors (Lipinski definition) is 1. The van der Waals surface area contributed by atoms with Crippen LogP contribution in [0, 0.1) is 6.92 Å². The van der Waals surface area contributed by atoms with Gasteiger partial charge in [-0.3, -0.25) is 4.98 Å². The zero-order chi connectivity index (χ0) is 11.5. The second kappa shape index (κ2) is 4.36. The highest BCUT2D eigenvalue weighted by molar-refractivity contribution is 5.24. The van der Waals surface area contributed by atoms with Crippen LogP contribution in [0.3, 0.4) is 0 Å². The average Bonchev–Trinajstić information content (AvgIpc) is 2.64. The lowest BCUT2D eigenvalue weighted by Gasteiger charge is -2.10. The summed E-state index contributed by atoms with van der Waals surface area (Å²) in [5.74, 6) is 0.526. The zero-order valence-electron chi connectivity index (χ0n) is 9.20. The molecule has 16 heavy (non-hydrogen) atoms. The first-order valence-electron chi connectivity index (χ1n) is 4.98. The quantitative estimate of drug-likeness (QED) is 0.797. The smallest absolute Gasteiger partial charge is 0.177 e. The third kappa shape index (κ3) is 2.22. The van der Waals surface area contributed by atoms with E-state index in [0.717, 1.165) is 11.1 Å². The molecule has 6 nitrogen and oxygen atoms in total. The van der Waals surface area contributed by atoms with Crippen molar-refractivity contribution >= 4 is 0 Å². The Labute approximate surface area is 92.9 Å². The molecule has 1 atom stereocenters. The van der Waals surface area contributed by atoms with E-state index in [0.29, 0.717) is 12.2 Å². The maximum absolute atomic E-state index is 10.0. The fourth-order valence-corrected chi connectivity index (χ4v) is 1.51. The largest absolute Gasteiger partial charge is 0.388 e. The number of aliphatic hydroxyl groups excluding tert-OH is 1. The molecular weight excluding hydrogens is 206 g/mol. The van der Waals surface area contributed by atoms with E-state index in [4.69, 9.17) is 0 Å². The minimum Gasteiger partial charge on any atom is -0.388 e. The van der Waals surface area contributed by atoms with E-state index in [1.54, 1.807) is 19.4 Å². The Balaban J connectivity index is 2.14. The standard InChI is InChI=1S/C10H13N5O/c1-7-3-4-11-6-8(7)9(16)5-10-12-14-15(2)13-10/h3-4,6,9,16H,5H2,1-2H3.